The summed E-state index contributed by atoms with van der Waals surface area (Å²) in [5.41, 5.74) is 20.4. The van der Waals surface area contributed by atoms with E-state index in [1.165, 1.54) is 54.9 Å². The predicted molar refractivity (Wildman–Crippen MR) is 293 cm³/mol. The van der Waals surface area contributed by atoms with E-state index in [0.717, 1.165) is 78.5 Å². The number of aromatic nitrogens is 4. The predicted octanol–water partition coefficient (Wildman–Crippen LogP) is 17.3. The van der Waals surface area contributed by atoms with Gasteiger partial charge in [0.25, 0.3) is 0 Å². The Bertz CT molecular complexity index is 3810. The van der Waals surface area contributed by atoms with Gasteiger partial charge in [-0.25, -0.2) is 9.97 Å². The van der Waals surface area contributed by atoms with Gasteiger partial charge < -0.3 is 0 Å². The fourth-order valence-electron chi connectivity index (χ4n) is 10.7. The molecule has 13 rings (SSSR count). The van der Waals surface area contributed by atoms with Gasteiger partial charge >= 0.3 is 0 Å². The van der Waals surface area contributed by atoms with Crippen LogP contribution in [0.25, 0.3) is 122 Å². The Morgan fingerprint density at radius 1 is 0.271 bits per heavy atom. The molecule has 70 heavy (non-hydrogen) atoms. The van der Waals surface area contributed by atoms with Gasteiger partial charge in [0.05, 0.1) is 22.1 Å². The molecule has 0 saturated carbocycles. The second-order valence-electron chi connectivity index (χ2n) is 18.3. The van der Waals surface area contributed by atoms with Crippen LogP contribution in [0.4, 0.5) is 0 Å². The smallest absolute Gasteiger partial charge is 0.145 e. The average Bonchev–Trinajstić information content (AvgIpc) is 4.02. The van der Waals surface area contributed by atoms with Crippen molar-refractivity contribution in [3.8, 4) is 78.7 Å². The van der Waals surface area contributed by atoms with Gasteiger partial charge in [0, 0.05) is 22.5 Å². The first kappa shape index (κ1) is 41.1. The number of aryl methyl sites for hydroxylation is 2. The highest BCUT2D eigenvalue weighted by atomic mass is 15.1. The van der Waals surface area contributed by atoms with E-state index >= 15 is 0 Å². The van der Waals surface area contributed by atoms with E-state index in [1.807, 2.05) is 0 Å². The largest absolute Gasteiger partial charge is 0.292 e. The second-order valence-corrected chi connectivity index (χ2v) is 18.3. The minimum absolute atomic E-state index is 0.937. The molecule has 0 aliphatic rings. The fraction of sp³-hybridized carbons (Fsp3) is 0.0303. The molecule has 0 unspecified atom stereocenters. The number of hydrogen-bond donors (Lipinski definition) is 0. The Kier molecular flexibility index (Phi) is 9.91. The molecular formula is C66H46N4. The molecule has 0 amide bonds. The van der Waals surface area contributed by atoms with Crippen molar-refractivity contribution >= 4 is 43.6 Å². The highest BCUT2D eigenvalue weighted by Crippen LogP contribution is 2.46. The maximum atomic E-state index is 5.15. The van der Waals surface area contributed by atoms with Crippen molar-refractivity contribution in [2.24, 2.45) is 0 Å². The number of nitrogens with zero attached hydrogens (tertiary/aromatic N) is 4. The van der Waals surface area contributed by atoms with Crippen molar-refractivity contribution in [2.45, 2.75) is 13.8 Å². The number of fused-ring (bicyclic) bond motifs is 4. The SMILES string of the molecule is Cc1cccc2nc(-c3ccccc3)n(-c3ccc(-c4ccc5c(-c6ccccc6)c6cc(-c7ccc(-n8c(-c9ccccc9)nc9cccc(C)c98)cc7)ccc6c(-c6ccccc6)c5c4)cc3)c12. The zero-order chi connectivity index (χ0) is 46.7. The molecule has 0 saturated heterocycles. The maximum Gasteiger partial charge on any atom is 0.145 e. The van der Waals surface area contributed by atoms with Gasteiger partial charge in [0.2, 0.25) is 0 Å². The molecule has 0 bridgehead atoms. The Morgan fingerprint density at radius 3 is 0.986 bits per heavy atom. The lowest BCUT2D eigenvalue weighted by atomic mass is 9.84. The molecule has 11 aromatic carbocycles. The van der Waals surface area contributed by atoms with Gasteiger partial charge in [0.1, 0.15) is 11.6 Å². The van der Waals surface area contributed by atoms with Crippen LogP contribution in [0.2, 0.25) is 0 Å². The molecule has 0 N–H and O–H groups in total. The lowest BCUT2D eigenvalue weighted by Gasteiger charge is -2.20. The lowest BCUT2D eigenvalue weighted by molar-refractivity contribution is 1.10. The summed E-state index contributed by atoms with van der Waals surface area (Å²) in [6.07, 6.45) is 0. The van der Waals surface area contributed by atoms with Gasteiger partial charge in [-0.15, -0.1) is 0 Å². The third kappa shape index (κ3) is 6.92. The minimum atomic E-state index is 0.937. The molecule has 330 valence electrons. The quantitative estimate of drug-likeness (QED) is 0.143. The number of benzene rings is 11. The van der Waals surface area contributed by atoms with E-state index < -0.39 is 0 Å². The molecule has 2 heterocycles. The van der Waals surface area contributed by atoms with Crippen molar-refractivity contribution < 1.29 is 0 Å². The van der Waals surface area contributed by atoms with Crippen LogP contribution in [0.5, 0.6) is 0 Å². The van der Waals surface area contributed by atoms with E-state index in [-0.39, 0.29) is 0 Å². The summed E-state index contributed by atoms with van der Waals surface area (Å²) in [6.45, 7) is 4.34. The first-order valence-corrected chi connectivity index (χ1v) is 24.0. The summed E-state index contributed by atoms with van der Waals surface area (Å²) >= 11 is 0. The van der Waals surface area contributed by atoms with Crippen molar-refractivity contribution in [1.29, 1.82) is 0 Å². The van der Waals surface area contributed by atoms with Crippen LogP contribution in [0.15, 0.2) is 243 Å². The topological polar surface area (TPSA) is 35.6 Å². The van der Waals surface area contributed by atoms with Crippen LogP contribution < -0.4 is 0 Å². The molecule has 0 aliphatic carbocycles. The highest BCUT2D eigenvalue weighted by Gasteiger charge is 2.21. The summed E-state index contributed by atoms with van der Waals surface area (Å²) in [5, 5.41) is 4.87. The Balaban J connectivity index is 0.958. The van der Waals surface area contributed by atoms with E-state index in [1.54, 1.807) is 0 Å². The van der Waals surface area contributed by atoms with E-state index in [4.69, 9.17) is 9.97 Å². The van der Waals surface area contributed by atoms with Crippen molar-refractivity contribution in [3.05, 3.63) is 254 Å². The summed E-state index contributed by atoms with van der Waals surface area (Å²) < 4.78 is 4.62. The Hall–Kier alpha value is -9.12. The second kappa shape index (κ2) is 16.9. The summed E-state index contributed by atoms with van der Waals surface area (Å²) in [6, 6.07) is 87.6. The fourth-order valence-corrected chi connectivity index (χ4v) is 10.7. The van der Waals surface area contributed by atoms with Crippen LogP contribution >= 0.6 is 0 Å². The third-order valence-electron chi connectivity index (χ3n) is 14.0. The van der Waals surface area contributed by atoms with Crippen LogP contribution in [-0.2, 0) is 0 Å². The number of hydrogen-bond acceptors (Lipinski definition) is 2. The summed E-state index contributed by atoms with van der Waals surface area (Å²) in [5.74, 6) is 1.87. The van der Waals surface area contributed by atoms with Gasteiger partial charge in [-0.2, -0.15) is 0 Å². The molecule has 4 heteroatoms. The molecule has 4 nitrogen and oxygen atoms in total. The van der Waals surface area contributed by atoms with E-state index in [9.17, 15) is 0 Å². The molecule has 0 fully saturated rings. The van der Waals surface area contributed by atoms with Crippen LogP contribution in [-0.4, -0.2) is 19.1 Å². The Labute approximate surface area is 407 Å². The summed E-state index contributed by atoms with van der Waals surface area (Å²) in [7, 11) is 0. The highest BCUT2D eigenvalue weighted by molar-refractivity contribution is 6.22. The lowest BCUT2D eigenvalue weighted by Crippen LogP contribution is -1.99. The molecular weight excluding hydrogens is 849 g/mol. The standard InChI is InChI=1S/C66H46N4/c1-43-17-15-27-59-63(43)69(65(67-59)49-23-11-5-12-24-49)53-35-29-45(30-36-53)51-33-39-55-57(41-51)61(47-19-7-3-8-20-47)56-40-34-52(42-58(56)62(55)48-21-9-4-10-22-48)46-31-37-54(38-32-46)70-64-44(2)18-16-28-60(64)68-66(70)50-25-13-6-14-26-50/h3-42H,1-2H3. The van der Waals surface area contributed by atoms with Gasteiger partial charge in [-0.1, -0.05) is 194 Å². The molecule has 0 aliphatic heterocycles. The first-order valence-electron chi connectivity index (χ1n) is 24.0. The number of para-hydroxylation sites is 2. The van der Waals surface area contributed by atoms with Crippen molar-refractivity contribution in [1.82, 2.24) is 19.1 Å². The molecule has 0 radical (unpaired) electrons. The number of rotatable bonds is 8. The van der Waals surface area contributed by atoms with Gasteiger partial charge in [0.15, 0.2) is 0 Å². The first-order chi connectivity index (χ1) is 34.6. The van der Waals surface area contributed by atoms with E-state index in [2.05, 4.69) is 266 Å². The van der Waals surface area contributed by atoms with Crippen LogP contribution in [0, 0.1) is 13.8 Å². The molecule has 0 atom stereocenters. The Morgan fingerprint density at radius 2 is 0.614 bits per heavy atom. The average molecular weight is 895 g/mol. The minimum Gasteiger partial charge on any atom is -0.292 e. The van der Waals surface area contributed by atoms with Gasteiger partial charge in [-0.05, 0) is 140 Å². The molecule has 2 aromatic heterocycles. The summed E-state index contributed by atoms with van der Waals surface area (Å²) in [4.78, 5) is 10.3. The zero-order valence-corrected chi connectivity index (χ0v) is 38.9. The monoisotopic (exact) mass is 894 g/mol. The molecule has 0 spiro atoms. The molecule has 13 aromatic rings. The van der Waals surface area contributed by atoms with Crippen molar-refractivity contribution in [2.75, 3.05) is 0 Å². The van der Waals surface area contributed by atoms with Crippen molar-refractivity contribution in [3.63, 3.8) is 0 Å². The third-order valence-corrected chi connectivity index (χ3v) is 14.0. The maximum absolute atomic E-state index is 5.15. The number of imidazole rings is 2. The normalized spacial score (nSPS) is 11.6. The van der Waals surface area contributed by atoms with Crippen LogP contribution in [0.3, 0.4) is 0 Å². The zero-order valence-electron chi connectivity index (χ0n) is 38.9. The van der Waals surface area contributed by atoms with Crippen LogP contribution in [0.1, 0.15) is 11.1 Å². The van der Waals surface area contributed by atoms with Gasteiger partial charge in [-0.3, -0.25) is 9.13 Å². The van der Waals surface area contributed by atoms with E-state index in [0.29, 0.717) is 0 Å².